The fourth-order valence-corrected chi connectivity index (χ4v) is 11.2. The van der Waals surface area contributed by atoms with Gasteiger partial charge in [-0.3, -0.25) is 0 Å². The molecule has 0 amide bonds. The van der Waals surface area contributed by atoms with Crippen LogP contribution in [0.3, 0.4) is 0 Å². The van der Waals surface area contributed by atoms with Crippen LogP contribution in [-0.2, 0) is 0 Å². The van der Waals surface area contributed by atoms with E-state index in [1.807, 2.05) is 5.57 Å². The highest BCUT2D eigenvalue weighted by Crippen LogP contribution is 2.76. The number of aliphatic hydroxyl groups is 1. The first-order valence-corrected chi connectivity index (χ1v) is 13.7. The van der Waals surface area contributed by atoms with Crippen molar-refractivity contribution >= 4 is 0 Å². The van der Waals surface area contributed by atoms with Gasteiger partial charge in [-0.15, -0.1) is 0 Å². The normalized spacial score (nSPS) is 55.7. The molecule has 5 aliphatic rings. The maximum absolute atomic E-state index is 10.8. The Morgan fingerprint density at radius 1 is 0.806 bits per heavy atom. The zero-order valence-corrected chi connectivity index (χ0v) is 21.9. The van der Waals surface area contributed by atoms with Gasteiger partial charge in [0.15, 0.2) is 0 Å². The minimum atomic E-state index is -0.131. The van der Waals surface area contributed by atoms with Gasteiger partial charge in [0.05, 0.1) is 6.10 Å². The molecule has 1 nitrogen and oxygen atoms in total. The highest BCUT2D eigenvalue weighted by molar-refractivity contribution is 5.33. The molecule has 0 spiro atoms. The van der Waals surface area contributed by atoms with Crippen molar-refractivity contribution in [2.24, 2.45) is 56.7 Å². The maximum atomic E-state index is 10.8. The van der Waals surface area contributed by atoms with Gasteiger partial charge >= 0.3 is 0 Å². The first-order valence-electron chi connectivity index (χ1n) is 13.7. The zero-order valence-electron chi connectivity index (χ0n) is 21.9. The topological polar surface area (TPSA) is 20.2 Å². The molecule has 0 bridgehead atoms. The molecule has 0 radical (unpaired) electrons. The molecular formula is C30H50O. The molecule has 0 aromatic carbocycles. The van der Waals surface area contributed by atoms with E-state index in [9.17, 15) is 5.11 Å². The number of hydrogen-bond donors (Lipinski definition) is 1. The van der Waals surface area contributed by atoms with Crippen molar-refractivity contribution in [1.82, 2.24) is 0 Å². The minimum absolute atomic E-state index is 0.0432. The van der Waals surface area contributed by atoms with E-state index in [4.69, 9.17) is 0 Å². The first kappa shape index (κ1) is 22.5. The van der Waals surface area contributed by atoms with Crippen LogP contribution in [0.4, 0.5) is 0 Å². The summed E-state index contributed by atoms with van der Waals surface area (Å²) in [6.45, 7) is 20.4. The van der Waals surface area contributed by atoms with Gasteiger partial charge in [0, 0.05) is 0 Å². The lowest BCUT2D eigenvalue weighted by Crippen LogP contribution is -2.62. The molecule has 1 N–H and O–H groups in total. The fraction of sp³-hybridized carbons (Fsp3) is 0.933. The van der Waals surface area contributed by atoms with Crippen molar-refractivity contribution in [2.75, 3.05) is 0 Å². The Hall–Kier alpha value is -0.300. The SMILES string of the molecule is CC(C)[C@H]1CC[C@@H]2[C@@]1(C)CC[C@@]1(C)[C@H]3CC[C@H]4C(C)(C)[C@H](O)CC[C@]4(C)C3=CC[C@]21C. The number of aliphatic hydroxyl groups excluding tert-OH is 1. The molecule has 31 heavy (non-hydrogen) atoms. The van der Waals surface area contributed by atoms with E-state index in [1.54, 1.807) is 0 Å². The second-order valence-corrected chi connectivity index (χ2v) is 14.7. The summed E-state index contributed by atoms with van der Waals surface area (Å²) in [6.07, 6.45) is 14.6. The standard InChI is InChI=1S/C30H50O/c1-19(2)20-9-12-24-28(20,6)17-18-29(7)22-10-11-23-26(3,4)25(31)14-15-27(23,5)21(22)13-16-30(24,29)8/h13,19-20,22-25,31H,9-12,14-18H2,1-8H3/t20-,22+,23+,24-,25-,27-,28+,29+,30-/m1/s1. The van der Waals surface area contributed by atoms with Gasteiger partial charge in [-0.25, -0.2) is 0 Å². The Bertz CT molecular complexity index is 777. The van der Waals surface area contributed by atoms with Gasteiger partial charge in [-0.05, 0) is 114 Å². The van der Waals surface area contributed by atoms with E-state index in [2.05, 4.69) is 61.5 Å². The van der Waals surface area contributed by atoms with Crippen LogP contribution < -0.4 is 0 Å². The van der Waals surface area contributed by atoms with Crippen molar-refractivity contribution in [3.8, 4) is 0 Å². The third-order valence-electron chi connectivity index (χ3n) is 13.2. The monoisotopic (exact) mass is 426 g/mol. The van der Waals surface area contributed by atoms with E-state index >= 15 is 0 Å². The van der Waals surface area contributed by atoms with Crippen LogP contribution in [0.15, 0.2) is 11.6 Å². The van der Waals surface area contributed by atoms with E-state index in [-0.39, 0.29) is 11.5 Å². The summed E-state index contributed by atoms with van der Waals surface area (Å²) >= 11 is 0. The zero-order chi connectivity index (χ0) is 22.6. The van der Waals surface area contributed by atoms with E-state index < -0.39 is 0 Å². The lowest BCUT2D eigenvalue weighted by molar-refractivity contribution is -0.165. The highest BCUT2D eigenvalue weighted by Gasteiger charge is 2.68. The summed E-state index contributed by atoms with van der Waals surface area (Å²) in [4.78, 5) is 0. The predicted molar refractivity (Wildman–Crippen MR) is 131 cm³/mol. The van der Waals surface area contributed by atoms with Gasteiger partial charge < -0.3 is 5.11 Å². The molecule has 5 rings (SSSR count). The van der Waals surface area contributed by atoms with Crippen LogP contribution in [0.2, 0.25) is 0 Å². The number of hydrogen-bond acceptors (Lipinski definition) is 1. The van der Waals surface area contributed by atoms with Crippen molar-refractivity contribution in [2.45, 2.75) is 119 Å². The van der Waals surface area contributed by atoms with Crippen molar-refractivity contribution in [3.63, 3.8) is 0 Å². The van der Waals surface area contributed by atoms with Crippen LogP contribution in [-0.4, -0.2) is 11.2 Å². The van der Waals surface area contributed by atoms with Crippen molar-refractivity contribution < 1.29 is 5.11 Å². The lowest BCUT2D eigenvalue weighted by atomic mass is 9.35. The molecule has 0 saturated heterocycles. The third-order valence-corrected chi connectivity index (χ3v) is 13.2. The molecule has 4 fully saturated rings. The summed E-state index contributed by atoms with van der Waals surface area (Å²) in [7, 11) is 0. The lowest BCUT2D eigenvalue weighted by Gasteiger charge is -2.69. The molecule has 9 atom stereocenters. The van der Waals surface area contributed by atoms with E-state index in [0.717, 1.165) is 30.1 Å². The van der Waals surface area contributed by atoms with E-state index in [0.29, 0.717) is 27.6 Å². The molecule has 0 aromatic heterocycles. The summed E-state index contributed by atoms with van der Waals surface area (Å²) in [6, 6.07) is 0. The quantitative estimate of drug-likeness (QED) is 0.421. The predicted octanol–water partition coefficient (Wildman–Crippen LogP) is 8.02. The Labute approximate surface area is 192 Å². The molecule has 0 aromatic rings. The summed E-state index contributed by atoms with van der Waals surface area (Å²) in [5.74, 6) is 4.02. The van der Waals surface area contributed by atoms with E-state index in [1.165, 1.54) is 51.4 Å². The third kappa shape index (κ3) is 2.60. The number of allylic oxidation sites excluding steroid dienone is 2. The van der Waals surface area contributed by atoms with Crippen LogP contribution in [0.1, 0.15) is 113 Å². The Kier molecular flexibility index (Phi) is 4.82. The van der Waals surface area contributed by atoms with Gasteiger partial charge in [-0.2, -0.15) is 0 Å². The average molecular weight is 427 g/mol. The minimum Gasteiger partial charge on any atom is -0.393 e. The Morgan fingerprint density at radius 2 is 1.48 bits per heavy atom. The van der Waals surface area contributed by atoms with Crippen LogP contribution in [0.25, 0.3) is 0 Å². The molecule has 0 heterocycles. The second kappa shape index (κ2) is 6.64. The number of fused-ring (bicyclic) bond motifs is 7. The number of rotatable bonds is 1. The maximum Gasteiger partial charge on any atom is 0.0594 e. The molecule has 176 valence electrons. The van der Waals surface area contributed by atoms with Gasteiger partial charge in [0.1, 0.15) is 0 Å². The van der Waals surface area contributed by atoms with Crippen LogP contribution in [0.5, 0.6) is 0 Å². The average Bonchev–Trinajstić information content (AvgIpc) is 3.05. The van der Waals surface area contributed by atoms with Gasteiger partial charge in [0.2, 0.25) is 0 Å². The molecular weight excluding hydrogens is 376 g/mol. The molecule has 5 aliphatic carbocycles. The Balaban J connectivity index is 1.55. The molecule has 0 aliphatic heterocycles. The summed E-state index contributed by atoms with van der Waals surface area (Å²) in [5.41, 5.74) is 3.61. The smallest absolute Gasteiger partial charge is 0.0594 e. The fourth-order valence-electron chi connectivity index (χ4n) is 11.2. The molecule has 0 unspecified atom stereocenters. The largest absolute Gasteiger partial charge is 0.393 e. The van der Waals surface area contributed by atoms with Gasteiger partial charge in [0.25, 0.3) is 0 Å². The highest BCUT2D eigenvalue weighted by atomic mass is 16.3. The Morgan fingerprint density at radius 3 is 2.16 bits per heavy atom. The first-order chi connectivity index (χ1) is 14.3. The van der Waals surface area contributed by atoms with Crippen LogP contribution >= 0.6 is 0 Å². The summed E-state index contributed by atoms with van der Waals surface area (Å²) in [5, 5.41) is 10.8. The summed E-state index contributed by atoms with van der Waals surface area (Å²) < 4.78 is 0. The van der Waals surface area contributed by atoms with Gasteiger partial charge in [-0.1, -0.05) is 67.0 Å². The second-order valence-electron chi connectivity index (χ2n) is 14.7. The van der Waals surface area contributed by atoms with Crippen LogP contribution in [0, 0.1) is 56.7 Å². The van der Waals surface area contributed by atoms with Crippen molar-refractivity contribution in [1.29, 1.82) is 0 Å². The molecule has 4 saturated carbocycles. The van der Waals surface area contributed by atoms with Crippen molar-refractivity contribution in [3.05, 3.63) is 11.6 Å². The molecule has 1 heteroatoms.